The van der Waals surface area contributed by atoms with Crippen molar-refractivity contribution in [2.75, 3.05) is 17.2 Å². The van der Waals surface area contributed by atoms with E-state index in [2.05, 4.69) is 30.6 Å². The third kappa shape index (κ3) is 4.29. The van der Waals surface area contributed by atoms with Crippen LogP contribution in [-0.2, 0) is 6.54 Å². The quantitative estimate of drug-likeness (QED) is 0.248. The zero-order chi connectivity index (χ0) is 26.1. The maximum atomic E-state index is 13.2. The molecule has 1 amide bonds. The van der Waals surface area contributed by atoms with Gasteiger partial charge in [-0.3, -0.25) is 9.59 Å². The van der Waals surface area contributed by atoms with Gasteiger partial charge in [-0.15, -0.1) is 11.3 Å². The molecule has 4 aromatic heterocycles. The highest BCUT2D eigenvalue weighted by Gasteiger charge is 2.26. The minimum absolute atomic E-state index is 0.314. The number of thiophene rings is 1. The Hall–Kier alpha value is -4.54. The molecule has 6 aromatic rings. The number of halogens is 1. The molecule has 0 unspecified atom stereocenters. The number of nitrogens with one attached hydrogen (secondary N) is 3. The molecule has 6 rings (SSSR count). The van der Waals surface area contributed by atoms with E-state index in [1.807, 2.05) is 40.3 Å². The van der Waals surface area contributed by atoms with Crippen molar-refractivity contribution >= 4 is 62.3 Å². The Morgan fingerprint density at radius 2 is 1.84 bits per heavy atom. The van der Waals surface area contributed by atoms with Crippen molar-refractivity contribution in [1.82, 2.24) is 24.5 Å². The second kappa shape index (κ2) is 10.1. The Morgan fingerprint density at radius 1 is 1.03 bits per heavy atom. The van der Waals surface area contributed by atoms with E-state index in [9.17, 15) is 9.59 Å². The van der Waals surface area contributed by atoms with Crippen molar-refractivity contribution in [1.29, 1.82) is 0 Å². The molecule has 0 radical (unpaired) electrons. The van der Waals surface area contributed by atoms with Crippen LogP contribution in [0.25, 0.3) is 32.5 Å². The van der Waals surface area contributed by atoms with Crippen molar-refractivity contribution < 1.29 is 4.79 Å². The Morgan fingerprint density at radius 3 is 2.66 bits per heavy atom. The van der Waals surface area contributed by atoms with E-state index >= 15 is 0 Å². The Kier molecular flexibility index (Phi) is 6.32. The van der Waals surface area contributed by atoms with Crippen LogP contribution in [0.5, 0.6) is 0 Å². The van der Waals surface area contributed by atoms with E-state index < -0.39 is 0 Å². The summed E-state index contributed by atoms with van der Waals surface area (Å²) in [5.41, 5.74) is 2.75. The first-order valence-corrected chi connectivity index (χ1v) is 13.0. The first-order chi connectivity index (χ1) is 18.6. The van der Waals surface area contributed by atoms with Crippen molar-refractivity contribution in [2.24, 2.45) is 0 Å². The largest absolute Gasteiger partial charge is 0.368 e. The van der Waals surface area contributed by atoms with Crippen LogP contribution in [0.3, 0.4) is 0 Å². The molecule has 3 N–H and O–H groups in total. The number of carbonyl (C=O) groups excluding carboxylic acids is 1. The summed E-state index contributed by atoms with van der Waals surface area (Å²) in [5.74, 6) is 0.374. The number of amides is 1. The smallest absolute Gasteiger partial charge is 0.275 e. The second-order valence-corrected chi connectivity index (χ2v) is 9.71. The number of para-hydroxylation sites is 1. The van der Waals surface area contributed by atoms with Crippen LogP contribution in [0.2, 0.25) is 5.02 Å². The SMILES string of the molecule is O=C(Nc1c(-c2sccc2Cl)n(CCNc2ncnc3ccccc23)c2c(=O)[nH]cnc12)c1ccccc1. The number of carbonyl (C=O) groups is 1. The molecule has 188 valence electrons. The molecule has 11 heteroatoms. The third-order valence-electron chi connectivity index (χ3n) is 6.12. The molecule has 0 saturated carbocycles. The molecule has 9 nitrogen and oxygen atoms in total. The molecule has 0 aliphatic heterocycles. The summed E-state index contributed by atoms with van der Waals surface area (Å²) in [6.07, 6.45) is 2.84. The first-order valence-electron chi connectivity index (χ1n) is 11.7. The topological polar surface area (TPSA) is 118 Å². The van der Waals surface area contributed by atoms with E-state index in [1.165, 1.54) is 24.0 Å². The molecule has 0 aliphatic carbocycles. The average molecular weight is 542 g/mol. The molecule has 0 spiro atoms. The van der Waals surface area contributed by atoms with Crippen molar-refractivity contribution in [3.05, 3.63) is 99.6 Å². The Labute approximate surface area is 225 Å². The fraction of sp³-hybridized carbons (Fsp3) is 0.0741. The maximum absolute atomic E-state index is 13.2. The van der Waals surface area contributed by atoms with Gasteiger partial charge < -0.3 is 20.2 Å². The van der Waals surface area contributed by atoms with Gasteiger partial charge in [0.25, 0.3) is 11.5 Å². The normalized spacial score (nSPS) is 11.2. The average Bonchev–Trinajstić information content (AvgIpc) is 3.50. The number of anilines is 2. The lowest BCUT2D eigenvalue weighted by Crippen LogP contribution is -2.17. The summed E-state index contributed by atoms with van der Waals surface area (Å²) >= 11 is 8.00. The van der Waals surface area contributed by atoms with E-state index in [1.54, 1.807) is 30.3 Å². The lowest BCUT2D eigenvalue weighted by Gasteiger charge is -2.13. The molecule has 0 fully saturated rings. The molecule has 38 heavy (non-hydrogen) atoms. The van der Waals surface area contributed by atoms with Crippen molar-refractivity contribution in [3.8, 4) is 10.6 Å². The number of nitrogens with zero attached hydrogens (tertiary/aromatic N) is 4. The van der Waals surface area contributed by atoms with Gasteiger partial charge in [0.15, 0.2) is 0 Å². The van der Waals surface area contributed by atoms with Crippen LogP contribution in [0, 0.1) is 0 Å². The highest BCUT2D eigenvalue weighted by Crippen LogP contribution is 2.42. The predicted molar refractivity (Wildman–Crippen MR) is 151 cm³/mol. The number of fused-ring (bicyclic) bond motifs is 2. The molecule has 0 atom stereocenters. The monoisotopic (exact) mass is 541 g/mol. The number of hydrogen-bond acceptors (Lipinski definition) is 7. The van der Waals surface area contributed by atoms with E-state index in [-0.39, 0.29) is 11.5 Å². The predicted octanol–water partition coefficient (Wildman–Crippen LogP) is 5.41. The summed E-state index contributed by atoms with van der Waals surface area (Å²) in [5, 5.41) is 9.63. The fourth-order valence-electron chi connectivity index (χ4n) is 4.43. The summed E-state index contributed by atoms with van der Waals surface area (Å²) in [7, 11) is 0. The van der Waals surface area contributed by atoms with Gasteiger partial charge in [-0.2, -0.15) is 0 Å². The molecule has 0 saturated heterocycles. The van der Waals surface area contributed by atoms with Gasteiger partial charge in [0.1, 0.15) is 23.2 Å². The van der Waals surface area contributed by atoms with E-state index in [4.69, 9.17) is 11.6 Å². The fourth-order valence-corrected chi connectivity index (χ4v) is 5.64. The van der Waals surface area contributed by atoms with E-state index in [0.29, 0.717) is 51.9 Å². The van der Waals surface area contributed by atoms with Gasteiger partial charge in [-0.05, 0) is 35.7 Å². The van der Waals surface area contributed by atoms with Crippen LogP contribution in [0.4, 0.5) is 11.5 Å². The zero-order valence-electron chi connectivity index (χ0n) is 19.8. The van der Waals surface area contributed by atoms with Gasteiger partial charge in [-0.1, -0.05) is 41.9 Å². The number of rotatable bonds is 7. The lowest BCUT2D eigenvalue weighted by molar-refractivity contribution is 0.102. The Bertz CT molecular complexity index is 1840. The number of aromatic nitrogens is 5. The standard InChI is InChI=1S/C27H20ClN7O2S/c28-18-10-13-38-24(18)22-21(34-26(36)16-6-2-1-3-7-16)20-23(27(37)33-15-31-20)35(22)12-11-29-25-17-8-4-5-9-19(17)30-14-32-25/h1-10,13-15H,11-12H2,(H,34,36)(H,29,30,32)(H,31,33,37). The third-order valence-corrected chi connectivity index (χ3v) is 7.47. The van der Waals surface area contributed by atoms with Crippen LogP contribution in [0.15, 0.2) is 83.5 Å². The number of benzene rings is 2. The number of H-pyrrole nitrogens is 1. The maximum Gasteiger partial charge on any atom is 0.275 e. The minimum Gasteiger partial charge on any atom is -0.368 e. The van der Waals surface area contributed by atoms with Crippen LogP contribution < -0.4 is 16.2 Å². The van der Waals surface area contributed by atoms with Gasteiger partial charge in [-0.25, -0.2) is 15.0 Å². The van der Waals surface area contributed by atoms with E-state index in [0.717, 1.165) is 15.8 Å². The van der Waals surface area contributed by atoms with Crippen molar-refractivity contribution in [2.45, 2.75) is 6.54 Å². The zero-order valence-corrected chi connectivity index (χ0v) is 21.4. The van der Waals surface area contributed by atoms with Crippen LogP contribution in [-0.4, -0.2) is 37.0 Å². The number of hydrogen-bond donors (Lipinski definition) is 3. The van der Waals surface area contributed by atoms with Crippen LogP contribution in [0.1, 0.15) is 10.4 Å². The summed E-state index contributed by atoms with van der Waals surface area (Å²) in [6.45, 7) is 0.801. The van der Waals surface area contributed by atoms with Gasteiger partial charge in [0.05, 0.1) is 33.1 Å². The highest BCUT2D eigenvalue weighted by atomic mass is 35.5. The van der Waals surface area contributed by atoms with Crippen LogP contribution >= 0.6 is 22.9 Å². The molecule has 0 bridgehead atoms. The first kappa shape index (κ1) is 23.8. The van der Waals surface area contributed by atoms with Crippen molar-refractivity contribution in [3.63, 3.8) is 0 Å². The molecule has 0 aliphatic rings. The minimum atomic E-state index is -0.323. The second-order valence-electron chi connectivity index (χ2n) is 8.39. The molecule has 2 aromatic carbocycles. The number of aromatic amines is 1. The Balaban J connectivity index is 1.44. The molecular weight excluding hydrogens is 522 g/mol. The molecular formula is C27H20ClN7O2S. The van der Waals surface area contributed by atoms with Gasteiger partial charge in [0.2, 0.25) is 0 Å². The molecule has 4 heterocycles. The highest BCUT2D eigenvalue weighted by molar-refractivity contribution is 7.14. The lowest BCUT2D eigenvalue weighted by atomic mass is 10.2. The summed E-state index contributed by atoms with van der Waals surface area (Å²) in [6, 6.07) is 18.4. The summed E-state index contributed by atoms with van der Waals surface area (Å²) < 4.78 is 1.84. The van der Waals surface area contributed by atoms with Gasteiger partial charge in [0, 0.05) is 24.0 Å². The van der Waals surface area contributed by atoms with Gasteiger partial charge >= 0.3 is 0 Å². The summed E-state index contributed by atoms with van der Waals surface area (Å²) in [4.78, 5) is 42.8.